The van der Waals surface area contributed by atoms with Crippen molar-refractivity contribution in [3.63, 3.8) is 0 Å². The number of nitrogens with zero attached hydrogens (tertiary/aromatic N) is 2. The quantitative estimate of drug-likeness (QED) is 0.847. The molecule has 3 atom stereocenters. The molecule has 2 aromatic rings. The van der Waals surface area contributed by atoms with Crippen molar-refractivity contribution < 1.29 is 9.14 Å². The number of nitrogens with one attached hydrogen (secondary N) is 1. The predicted molar refractivity (Wildman–Crippen MR) is 48.5 cm³/mol. The van der Waals surface area contributed by atoms with Gasteiger partial charge in [0.15, 0.2) is 0 Å². The van der Waals surface area contributed by atoms with Crippen molar-refractivity contribution >= 4 is 24.9 Å². The number of aromatic nitrogens is 3. The number of aromatic amines is 1. The van der Waals surface area contributed by atoms with E-state index in [9.17, 15) is 0 Å². The molecule has 2 aromatic heterocycles. The van der Waals surface area contributed by atoms with Gasteiger partial charge in [0.25, 0.3) is 0 Å². The molecule has 0 radical (unpaired) electrons. The SMILES string of the molecule is CCCOn1[pH][nH]p2on2[pH]1. The number of H-pyrrole nitrogens is 1. The molecule has 2 heterocycles. The Morgan fingerprint density at radius 2 is 2.64 bits per heavy atom. The van der Waals surface area contributed by atoms with Crippen LogP contribution in [0.15, 0.2) is 4.30 Å². The summed E-state index contributed by atoms with van der Waals surface area (Å²) < 4.78 is 12.2. The summed E-state index contributed by atoms with van der Waals surface area (Å²) in [7, 11) is 0.731. The van der Waals surface area contributed by atoms with Crippen molar-refractivity contribution in [1.29, 1.82) is 0 Å². The summed E-state index contributed by atoms with van der Waals surface area (Å²) in [6.45, 7) is 2.90. The van der Waals surface area contributed by atoms with Gasteiger partial charge in [-0.3, -0.25) is 9.35 Å². The monoisotopic (exact) mass is 213 g/mol. The van der Waals surface area contributed by atoms with E-state index in [1.165, 1.54) is 0 Å². The molecule has 0 amide bonds. The van der Waals surface area contributed by atoms with Crippen LogP contribution >= 0.6 is 24.9 Å². The van der Waals surface area contributed by atoms with E-state index in [0.29, 0.717) is 17.0 Å². The summed E-state index contributed by atoms with van der Waals surface area (Å²) in [5, 5.41) is 0. The first kappa shape index (κ1) is 7.70. The number of hydrogen-bond donors (Lipinski definition) is 1. The molecule has 0 saturated carbocycles. The van der Waals surface area contributed by atoms with E-state index in [1.54, 1.807) is 0 Å². The van der Waals surface area contributed by atoms with Crippen molar-refractivity contribution in [2.45, 2.75) is 13.3 Å². The zero-order chi connectivity index (χ0) is 7.68. The summed E-state index contributed by atoms with van der Waals surface area (Å²) >= 11 is 0. The van der Waals surface area contributed by atoms with Crippen molar-refractivity contribution in [1.82, 2.24) is 12.9 Å². The molecule has 2 rings (SSSR count). The molecule has 1 N–H and O–H groups in total. The van der Waals surface area contributed by atoms with Crippen LogP contribution in [0.25, 0.3) is 0 Å². The van der Waals surface area contributed by atoms with Crippen LogP contribution in [0.2, 0.25) is 0 Å². The highest BCUT2D eigenvalue weighted by Gasteiger charge is 2.01. The Hall–Kier alpha value is 0.0600. The molecule has 11 heavy (non-hydrogen) atoms. The Morgan fingerprint density at radius 3 is 3.36 bits per heavy atom. The van der Waals surface area contributed by atoms with Gasteiger partial charge in [-0.25, -0.2) is 0 Å². The Bertz CT molecular complexity index is 338. The second-order valence-corrected chi connectivity index (χ2v) is 6.51. The van der Waals surface area contributed by atoms with Gasteiger partial charge in [0.1, 0.15) is 0 Å². The van der Waals surface area contributed by atoms with E-state index in [4.69, 9.17) is 9.14 Å². The molecule has 64 valence electrons. The van der Waals surface area contributed by atoms with E-state index < -0.39 is 0 Å². The minimum Gasteiger partial charge on any atom is -0.314 e. The van der Waals surface area contributed by atoms with Gasteiger partial charge < -0.3 is 4.30 Å². The Kier molecular flexibility index (Phi) is 2.24. The molecule has 5 nitrogen and oxygen atoms in total. The van der Waals surface area contributed by atoms with Crippen LogP contribution in [0.3, 0.4) is 0 Å². The molecule has 0 aromatic carbocycles. The molecule has 0 bridgehead atoms. The first-order chi connectivity index (χ1) is 5.40. The predicted octanol–water partition coefficient (Wildman–Crippen LogP) is 1.97. The smallest absolute Gasteiger partial charge is 0.301 e. The highest BCUT2D eigenvalue weighted by Crippen LogP contribution is 2.33. The van der Waals surface area contributed by atoms with Gasteiger partial charge in [-0.15, -0.1) is 0 Å². The van der Waals surface area contributed by atoms with E-state index in [2.05, 4.69) is 11.4 Å². The Labute approximate surface area is 67.6 Å². The fraction of sp³-hybridized carbons (Fsp3) is 1.00. The molecule has 0 spiro atoms. The van der Waals surface area contributed by atoms with Gasteiger partial charge in [0.05, 0.1) is 15.1 Å². The lowest BCUT2D eigenvalue weighted by Crippen LogP contribution is -2.05. The Morgan fingerprint density at radius 1 is 1.73 bits per heavy atom. The third-order valence-corrected chi connectivity index (χ3v) is 5.41. The molecule has 8 heteroatoms. The molecule has 0 aliphatic carbocycles. The second kappa shape index (κ2) is 3.20. The lowest BCUT2D eigenvalue weighted by molar-refractivity contribution is 0.156. The van der Waals surface area contributed by atoms with Crippen LogP contribution < -0.4 is 4.84 Å². The fourth-order valence-corrected chi connectivity index (χ4v) is 5.10. The van der Waals surface area contributed by atoms with Crippen molar-refractivity contribution in [3.05, 3.63) is 0 Å². The number of rotatable bonds is 3. The van der Waals surface area contributed by atoms with Crippen LogP contribution in [0.4, 0.5) is 0 Å². The maximum Gasteiger partial charge on any atom is 0.301 e. The average Bonchev–Trinajstić information content (AvgIpc) is 2.78. The molecular formula is C3H10N3O2P3. The molecule has 0 aliphatic heterocycles. The Balaban J connectivity index is 2.08. The van der Waals surface area contributed by atoms with Crippen molar-refractivity contribution in [2.75, 3.05) is 6.61 Å². The zero-order valence-corrected chi connectivity index (χ0v) is 8.97. The van der Waals surface area contributed by atoms with Gasteiger partial charge >= 0.3 is 7.90 Å². The summed E-state index contributed by atoms with van der Waals surface area (Å²) in [5.41, 5.74) is 0. The topological polar surface area (TPSA) is 47.5 Å². The van der Waals surface area contributed by atoms with Gasteiger partial charge in [0, 0.05) is 8.51 Å². The first-order valence-electron chi connectivity index (χ1n) is 3.39. The minimum atomic E-state index is -0.380. The van der Waals surface area contributed by atoms with E-state index >= 15 is 0 Å². The highest BCUT2D eigenvalue weighted by atomic mass is 31.2. The number of hydrogen-bond acceptors (Lipinski definition) is 2. The van der Waals surface area contributed by atoms with Crippen LogP contribution in [0.5, 0.6) is 0 Å². The number of fused-ring (bicyclic) bond motifs is 1. The van der Waals surface area contributed by atoms with Gasteiger partial charge in [-0.05, 0) is 6.42 Å². The van der Waals surface area contributed by atoms with Crippen LogP contribution in [0.1, 0.15) is 13.3 Å². The lowest BCUT2D eigenvalue weighted by atomic mass is 10.5. The average molecular weight is 213 g/mol. The van der Waals surface area contributed by atoms with Crippen molar-refractivity contribution in [2.24, 2.45) is 0 Å². The lowest BCUT2D eigenvalue weighted by Gasteiger charge is -2.01. The maximum absolute atomic E-state index is 5.41. The van der Waals surface area contributed by atoms with E-state index in [0.717, 1.165) is 13.0 Å². The minimum absolute atomic E-state index is 0.380. The maximum atomic E-state index is 5.41. The first-order valence-corrected chi connectivity index (χ1v) is 6.44. The molecule has 0 fully saturated rings. The van der Waals surface area contributed by atoms with Crippen LogP contribution in [-0.2, 0) is 0 Å². The highest BCUT2D eigenvalue weighted by molar-refractivity contribution is 7.50. The van der Waals surface area contributed by atoms with Gasteiger partial charge in [0.2, 0.25) is 0 Å². The van der Waals surface area contributed by atoms with E-state index in [-0.39, 0.29) is 7.90 Å². The van der Waals surface area contributed by atoms with Crippen molar-refractivity contribution in [3.8, 4) is 0 Å². The molecular weight excluding hydrogens is 203 g/mol. The molecule has 0 saturated heterocycles. The largest absolute Gasteiger partial charge is 0.314 e. The standard InChI is InChI=1S/C3H10N3O2P3/c1-2-3-7-5-9-4-11-6(8-11)10-5/h4,9-10H,2-3H2,1H3. The summed E-state index contributed by atoms with van der Waals surface area (Å²) in [4.78, 5) is 5.41. The normalized spacial score (nSPS) is 14.5. The van der Waals surface area contributed by atoms with Crippen LogP contribution in [0, 0.1) is 0 Å². The zero-order valence-electron chi connectivity index (χ0n) is 6.07. The van der Waals surface area contributed by atoms with Crippen LogP contribution in [-0.4, -0.2) is 19.5 Å². The summed E-state index contributed by atoms with van der Waals surface area (Å²) in [5.74, 6) is 0. The third-order valence-electron chi connectivity index (χ3n) is 1.14. The fourth-order valence-electron chi connectivity index (χ4n) is 0.616. The molecule has 0 aliphatic rings. The van der Waals surface area contributed by atoms with Gasteiger partial charge in [-0.2, -0.15) is 4.26 Å². The summed E-state index contributed by atoms with van der Waals surface area (Å²) in [6, 6.07) is 0. The third kappa shape index (κ3) is 1.80. The van der Waals surface area contributed by atoms with Gasteiger partial charge in [-0.1, -0.05) is 11.0 Å². The van der Waals surface area contributed by atoms with E-state index in [1.807, 2.05) is 8.35 Å². The summed E-state index contributed by atoms with van der Waals surface area (Å²) in [6.07, 6.45) is 1.06. The second-order valence-electron chi connectivity index (χ2n) is 2.08. The molecule has 3 unspecified atom stereocenters.